The molecule has 0 bridgehead atoms. The van der Waals surface area contributed by atoms with Gasteiger partial charge in [0.25, 0.3) is 0 Å². The fourth-order valence-corrected chi connectivity index (χ4v) is 1.81. The van der Waals surface area contributed by atoms with Gasteiger partial charge in [-0.25, -0.2) is 8.78 Å². The summed E-state index contributed by atoms with van der Waals surface area (Å²) < 4.78 is 25.7. The first-order valence-corrected chi connectivity index (χ1v) is 6.33. The number of nitrogens with one attached hydrogen (secondary N) is 2. The minimum atomic E-state index is -1.18. The maximum absolute atomic E-state index is 12.9. The van der Waals surface area contributed by atoms with Crippen LogP contribution in [-0.2, 0) is 4.79 Å². The highest BCUT2D eigenvalue weighted by atomic mass is 19.1. The summed E-state index contributed by atoms with van der Waals surface area (Å²) in [6.45, 7) is 1.71. The van der Waals surface area contributed by atoms with Crippen LogP contribution in [0.2, 0.25) is 0 Å². The number of carbonyl (C=O) groups is 1. The van der Waals surface area contributed by atoms with E-state index in [9.17, 15) is 13.6 Å². The molecular weight excluding hydrogens is 238 g/mol. The Morgan fingerprint density at radius 1 is 0.944 bits per heavy atom. The zero-order chi connectivity index (χ0) is 14.1. The van der Waals surface area contributed by atoms with Crippen molar-refractivity contribution in [1.82, 2.24) is 0 Å². The fourth-order valence-electron chi connectivity index (χ4n) is 1.81. The van der Waals surface area contributed by atoms with Crippen LogP contribution in [0.1, 0.15) is 39.5 Å². The second-order valence-electron chi connectivity index (χ2n) is 4.37. The molecule has 0 aromatic rings. The van der Waals surface area contributed by atoms with Gasteiger partial charge in [0, 0.05) is 11.4 Å². The molecule has 0 aromatic carbocycles. The van der Waals surface area contributed by atoms with Crippen LogP contribution < -0.4 is 0 Å². The van der Waals surface area contributed by atoms with Crippen LogP contribution >= 0.6 is 0 Å². The Balaban J connectivity index is 4.83. The summed E-state index contributed by atoms with van der Waals surface area (Å²) in [5.74, 6) is -3.01. The lowest BCUT2D eigenvalue weighted by Gasteiger charge is -2.19. The highest BCUT2D eigenvalue weighted by Gasteiger charge is 2.32. The first kappa shape index (κ1) is 16.9. The van der Waals surface area contributed by atoms with E-state index in [1.165, 1.54) is 0 Å². The average molecular weight is 260 g/mol. The SMILES string of the molecule is CCCC(=N)C(CF)C(=O)C(CF)C(=N)CCC. The van der Waals surface area contributed by atoms with E-state index in [1.54, 1.807) is 0 Å². The summed E-state index contributed by atoms with van der Waals surface area (Å²) in [7, 11) is 0. The van der Waals surface area contributed by atoms with Crippen LogP contribution in [0.5, 0.6) is 0 Å². The van der Waals surface area contributed by atoms with Gasteiger partial charge in [0.15, 0.2) is 5.78 Å². The molecule has 0 aliphatic carbocycles. The Kier molecular flexibility index (Phi) is 8.33. The molecular formula is C13H22F2N2O. The standard InChI is InChI=1S/C13H22F2N2O/c1-3-5-11(16)9(7-14)13(18)10(8-15)12(17)6-4-2/h9-10,16-17H,3-8H2,1-2H3. The Hall–Kier alpha value is -1.13. The monoisotopic (exact) mass is 260 g/mol. The number of carbonyl (C=O) groups excluding carboxylic acids is 1. The van der Waals surface area contributed by atoms with E-state index < -0.39 is 31.0 Å². The first-order chi connectivity index (χ1) is 8.53. The molecule has 0 rings (SSSR count). The molecule has 5 heteroatoms. The lowest BCUT2D eigenvalue weighted by Crippen LogP contribution is -2.36. The zero-order valence-corrected chi connectivity index (χ0v) is 11.1. The highest BCUT2D eigenvalue weighted by Crippen LogP contribution is 2.16. The van der Waals surface area contributed by atoms with E-state index in [1.807, 2.05) is 13.8 Å². The van der Waals surface area contributed by atoms with E-state index >= 15 is 0 Å². The maximum Gasteiger partial charge on any atom is 0.155 e. The van der Waals surface area contributed by atoms with Gasteiger partial charge in [-0.2, -0.15) is 0 Å². The predicted octanol–water partition coefficient (Wildman–Crippen LogP) is 3.37. The number of rotatable bonds is 10. The predicted molar refractivity (Wildman–Crippen MR) is 69.2 cm³/mol. The van der Waals surface area contributed by atoms with Gasteiger partial charge in [-0.1, -0.05) is 26.7 Å². The number of alkyl halides is 2. The normalized spacial score (nSPS) is 14.0. The fraction of sp³-hybridized carbons (Fsp3) is 0.769. The van der Waals surface area contributed by atoms with Crippen LogP contribution in [0.4, 0.5) is 8.78 Å². The molecule has 18 heavy (non-hydrogen) atoms. The molecule has 104 valence electrons. The van der Waals surface area contributed by atoms with Crippen molar-refractivity contribution in [3.63, 3.8) is 0 Å². The number of Topliss-reactive ketones (excluding diaryl/α,β-unsaturated/α-hetero) is 1. The molecule has 0 radical (unpaired) electrons. The molecule has 0 saturated heterocycles. The second kappa shape index (κ2) is 8.89. The van der Waals surface area contributed by atoms with Gasteiger partial charge >= 0.3 is 0 Å². The average Bonchev–Trinajstić information content (AvgIpc) is 2.31. The van der Waals surface area contributed by atoms with Gasteiger partial charge < -0.3 is 10.8 Å². The van der Waals surface area contributed by atoms with Gasteiger partial charge in [0.05, 0.1) is 11.8 Å². The summed E-state index contributed by atoms with van der Waals surface area (Å²) in [5.41, 5.74) is 0.0143. The van der Waals surface area contributed by atoms with Crippen molar-refractivity contribution in [3.8, 4) is 0 Å². The maximum atomic E-state index is 12.9. The summed E-state index contributed by atoms with van der Waals surface area (Å²) in [4.78, 5) is 12.0. The van der Waals surface area contributed by atoms with E-state index in [4.69, 9.17) is 10.8 Å². The van der Waals surface area contributed by atoms with E-state index in [0.29, 0.717) is 25.7 Å². The molecule has 2 unspecified atom stereocenters. The number of hydrogen-bond acceptors (Lipinski definition) is 3. The first-order valence-electron chi connectivity index (χ1n) is 6.33. The van der Waals surface area contributed by atoms with Crippen molar-refractivity contribution in [2.75, 3.05) is 13.3 Å². The topological polar surface area (TPSA) is 64.8 Å². The van der Waals surface area contributed by atoms with Gasteiger partial charge in [-0.15, -0.1) is 0 Å². The van der Waals surface area contributed by atoms with E-state index in [2.05, 4.69) is 0 Å². The Labute approximate surface area is 107 Å². The molecule has 0 amide bonds. The molecule has 0 aliphatic heterocycles. The van der Waals surface area contributed by atoms with Crippen LogP contribution in [0.25, 0.3) is 0 Å². The second-order valence-corrected chi connectivity index (χ2v) is 4.37. The van der Waals surface area contributed by atoms with Crippen molar-refractivity contribution in [3.05, 3.63) is 0 Å². The van der Waals surface area contributed by atoms with Crippen molar-refractivity contribution >= 4 is 17.2 Å². The number of halogens is 2. The third kappa shape index (κ3) is 4.63. The van der Waals surface area contributed by atoms with Crippen molar-refractivity contribution < 1.29 is 13.6 Å². The van der Waals surface area contributed by atoms with Crippen molar-refractivity contribution in [2.24, 2.45) is 11.8 Å². The van der Waals surface area contributed by atoms with Gasteiger partial charge in [0.1, 0.15) is 13.3 Å². The third-order valence-corrected chi connectivity index (χ3v) is 2.88. The number of hydrogen-bond donors (Lipinski definition) is 2. The molecule has 0 aliphatic rings. The zero-order valence-electron chi connectivity index (χ0n) is 11.1. The molecule has 0 spiro atoms. The quantitative estimate of drug-likeness (QED) is 0.581. The van der Waals surface area contributed by atoms with E-state index in [0.717, 1.165) is 0 Å². The minimum Gasteiger partial charge on any atom is -0.309 e. The molecule has 0 aromatic heterocycles. The molecule has 2 N–H and O–H groups in total. The van der Waals surface area contributed by atoms with Crippen molar-refractivity contribution in [1.29, 1.82) is 10.8 Å². The summed E-state index contributed by atoms with van der Waals surface area (Å²) in [6, 6.07) is 0. The van der Waals surface area contributed by atoms with Gasteiger partial charge in [-0.05, 0) is 12.8 Å². The summed E-state index contributed by atoms with van der Waals surface area (Å²) in [5, 5.41) is 15.3. The molecule has 2 atom stereocenters. The Morgan fingerprint density at radius 3 is 1.50 bits per heavy atom. The van der Waals surface area contributed by atoms with Gasteiger partial charge in [0.2, 0.25) is 0 Å². The largest absolute Gasteiger partial charge is 0.309 e. The molecule has 0 fully saturated rings. The third-order valence-electron chi connectivity index (χ3n) is 2.88. The summed E-state index contributed by atoms with van der Waals surface area (Å²) >= 11 is 0. The minimum absolute atomic E-state index is 0.00717. The smallest absolute Gasteiger partial charge is 0.155 e. The lowest BCUT2D eigenvalue weighted by molar-refractivity contribution is -0.123. The van der Waals surface area contributed by atoms with Crippen molar-refractivity contribution in [2.45, 2.75) is 39.5 Å². The van der Waals surface area contributed by atoms with E-state index in [-0.39, 0.29) is 11.4 Å². The highest BCUT2D eigenvalue weighted by molar-refractivity contribution is 6.13. The van der Waals surface area contributed by atoms with Crippen LogP contribution in [-0.4, -0.2) is 30.6 Å². The molecule has 0 heterocycles. The van der Waals surface area contributed by atoms with Crippen LogP contribution in [0.3, 0.4) is 0 Å². The molecule has 3 nitrogen and oxygen atoms in total. The summed E-state index contributed by atoms with van der Waals surface area (Å²) in [6.07, 6.45) is 1.96. The lowest BCUT2D eigenvalue weighted by atomic mass is 9.85. The molecule has 0 saturated carbocycles. The van der Waals surface area contributed by atoms with Gasteiger partial charge in [-0.3, -0.25) is 4.79 Å². The van der Waals surface area contributed by atoms with Crippen LogP contribution in [0, 0.1) is 22.7 Å². The number of ketones is 1. The van der Waals surface area contributed by atoms with Crippen LogP contribution in [0.15, 0.2) is 0 Å². The Morgan fingerprint density at radius 2 is 1.28 bits per heavy atom. The Bertz CT molecular complexity index is 277.